The maximum atomic E-state index is 12.8. The van der Waals surface area contributed by atoms with Gasteiger partial charge in [0.05, 0.1) is 22.8 Å². The average Bonchev–Trinajstić information content (AvgIpc) is 3.46. The fourth-order valence-electron chi connectivity index (χ4n) is 3.80. The normalized spacial score (nSPS) is 16.7. The van der Waals surface area contributed by atoms with Gasteiger partial charge < -0.3 is 19.6 Å². The highest BCUT2D eigenvalue weighted by atomic mass is 32.1. The molecule has 0 radical (unpaired) electrons. The van der Waals surface area contributed by atoms with Gasteiger partial charge >= 0.3 is 0 Å². The molecule has 5 rings (SSSR count). The number of aromatic nitrogens is 3. The van der Waals surface area contributed by atoms with Crippen LogP contribution in [-0.2, 0) is 4.74 Å². The zero-order chi connectivity index (χ0) is 20.0. The van der Waals surface area contributed by atoms with Crippen molar-refractivity contribution in [3.63, 3.8) is 0 Å². The molecule has 0 aliphatic carbocycles. The smallest absolute Gasteiger partial charge is 0.276 e. The first-order valence-electron chi connectivity index (χ1n) is 9.55. The molecular weight excluding hydrogens is 388 g/mol. The van der Waals surface area contributed by atoms with Gasteiger partial charge in [-0.1, -0.05) is 0 Å². The Balaban J connectivity index is 1.45. The largest absolute Gasteiger partial charge is 0.376 e. The van der Waals surface area contributed by atoms with Crippen LogP contribution < -0.4 is 5.56 Å². The summed E-state index contributed by atoms with van der Waals surface area (Å²) >= 11 is 1.50. The number of carbonyl (C=O) groups is 1. The predicted molar refractivity (Wildman–Crippen MR) is 113 cm³/mol. The number of fused-ring (bicyclic) bond motifs is 2. The first-order chi connectivity index (χ1) is 14.1. The number of hydrogen-bond donors (Lipinski definition) is 2. The number of benzene rings is 1. The molecule has 1 amide bonds. The Morgan fingerprint density at radius 1 is 1.28 bits per heavy atom. The molecule has 1 atom stereocenters. The van der Waals surface area contributed by atoms with Gasteiger partial charge in [0.15, 0.2) is 5.69 Å². The van der Waals surface area contributed by atoms with Crippen molar-refractivity contribution in [1.82, 2.24) is 19.9 Å². The lowest BCUT2D eigenvalue weighted by Gasteiger charge is -2.20. The number of nitrogens with zero attached hydrogens (tertiary/aromatic N) is 2. The Morgan fingerprint density at radius 3 is 3.00 bits per heavy atom. The molecule has 4 heterocycles. The zero-order valence-corrected chi connectivity index (χ0v) is 16.7. The second-order valence-electron chi connectivity index (χ2n) is 7.39. The zero-order valence-electron chi connectivity index (χ0n) is 15.9. The fourth-order valence-corrected chi connectivity index (χ4v) is 4.49. The minimum absolute atomic E-state index is 0.0409. The van der Waals surface area contributed by atoms with Crippen LogP contribution in [0.5, 0.6) is 0 Å². The summed E-state index contributed by atoms with van der Waals surface area (Å²) < 4.78 is 5.63. The summed E-state index contributed by atoms with van der Waals surface area (Å²) in [6, 6.07) is 7.38. The van der Waals surface area contributed by atoms with Gasteiger partial charge in [0.2, 0.25) is 0 Å². The van der Waals surface area contributed by atoms with E-state index in [-0.39, 0.29) is 17.6 Å². The first-order valence-corrected chi connectivity index (χ1v) is 10.5. The molecule has 1 saturated heterocycles. The van der Waals surface area contributed by atoms with Crippen LogP contribution in [0.1, 0.15) is 23.2 Å². The number of H-pyrrole nitrogens is 2. The van der Waals surface area contributed by atoms with Crippen LogP contribution in [-0.4, -0.2) is 52.1 Å². The van der Waals surface area contributed by atoms with Crippen LogP contribution in [0, 0.1) is 0 Å². The van der Waals surface area contributed by atoms with Crippen molar-refractivity contribution < 1.29 is 9.53 Å². The highest BCUT2D eigenvalue weighted by Gasteiger charge is 2.21. The molecule has 3 aromatic heterocycles. The van der Waals surface area contributed by atoms with Crippen molar-refractivity contribution in [1.29, 1.82) is 0 Å². The predicted octanol–water partition coefficient (Wildman–Crippen LogP) is 3.38. The number of likely N-dealkylation sites (N-methyl/N-ethyl adjacent to an activating group) is 1. The molecule has 7 nitrogen and oxygen atoms in total. The van der Waals surface area contributed by atoms with Crippen molar-refractivity contribution in [2.45, 2.75) is 18.9 Å². The third kappa shape index (κ3) is 3.34. The molecule has 1 aliphatic heterocycles. The Morgan fingerprint density at radius 2 is 2.17 bits per heavy atom. The van der Waals surface area contributed by atoms with E-state index in [1.807, 2.05) is 29.0 Å². The van der Waals surface area contributed by atoms with Crippen molar-refractivity contribution in [3.8, 4) is 11.4 Å². The molecule has 8 heteroatoms. The Bertz CT molecular complexity index is 1270. The molecule has 1 unspecified atom stereocenters. The van der Waals surface area contributed by atoms with Crippen LogP contribution in [0.2, 0.25) is 0 Å². The second kappa shape index (κ2) is 7.13. The summed E-state index contributed by atoms with van der Waals surface area (Å²) in [6.07, 6.45) is 2.17. The Kier molecular flexibility index (Phi) is 4.44. The van der Waals surface area contributed by atoms with Gasteiger partial charge in [-0.25, -0.2) is 4.98 Å². The number of nitrogens with one attached hydrogen (secondary N) is 2. The summed E-state index contributed by atoms with van der Waals surface area (Å²) in [5.74, 6) is -0.0409. The van der Waals surface area contributed by atoms with E-state index in [0.29, 0.717) is 23.5 Å². The molecule has 29 heavy (non-hydrogen) atoms. The molecular formula is C21H20N4O3S. The van der Waals surface area contributed by atoms with E-state index >= 15 is 0 Å². The summed E-state index contributed by atoms with van der Waals surface area (Å²) in [4.78, 5) is 37.5. The van der Waals surface area contributed by atoms with Gasteiger partial charge in [0, 0.05) is 47.4 Å². The number of thiophene rings is 1. The second-order valence-corrected chi connectivity index (χ2v) is 8.13. The van der Waals surface area contributed by atoms with Gasteiger partial charge in [-0.3, -0.25) is 9.59 Å². The number of hydrogen-bond acceptors (Lipinski definition) is 5. The fraction of sp³-hybridized carbons (Fsp3) is 0.286. The van der Waals surface area contributed by atoms with Crippen LogP contribution >= 0.6 is 11.3 Å². The number of aromatic amines is 2. The topological polar surface area (TPSA) is 91.1 Å². The van der Waals surface area contributed by atoms with Gasteiger partial charge in [-0.05, 0) is 37.1 Å². The quantitative estimate of drug-likeness (QED) is 0.542. The molecule has 1 aromatic carbocycles. The van der Waals surface area contributed by atoms with Crippen molar-refractivity contribution in [3.05, 3.63) is 50.9 Å². The molecule has 148 valence electrons. The van der Waals surface area contributed by atoms with E-state index in [1.165, 1.54) is 11.3 Å². The monoisotopic (exact) mass is 408 g/mol. The van der Waals surface area contributed by atoms with E-state index in [2.05, 4.69) is 15.0 Å². The maximum Gasteiger partial charge on any atom is 0.276 e. The lowest BCUT2D eigenvalue weighted by Crippen LogP contribution is -2.34. The number of carbonyl (C=O) groups excluding carboxylic acids is 1. The van der Waals surface area contributed by atoms with Crippen molar-refractivity contribution >= 4 is 39.2 Å². The lowest BCUT2D eigenvalue weighted by atomic mass is 10.1. The Labute approximate surface area is 170 Å². The van der Waals surface area contributed by atoms with Crippen molar-refractivity contribution in [2.24, 2.45) is 0 Å². The number of ether oxygens (including phenoxy) is 1. The van der Waals surface area contributed by atoms with Crippen LogP contribution in [0.4, 0.5) is 0 Å². The number of amides is 1. The molecule has 1 aliphatic rings. The molecule has 1 fully saturated rings. The third-order valence-electron chi connectivity index (χ3n) is 5.31. The van der Waals surface area contributed by atoms with Crippen LogP contribution in [0.3, 0.4) is 0 Å². The van der Waals surface area contributed by atoms with Crippen LogP contribution in [0.25, 0.3) is 33.3 Å². The Hall–Kier alpha value is -2.97. The average molecular weight is 408 g/mol. The van der Waals surface area contributed by atoms with Crippen LogP contribution in [0.15, 0.2) is 39.8 Å². The lowest BCUT2D eigenvalue weighted by molar-refractivity contribution is 0.0587. The minimum atomic E-state index is -0.241. The van der Waals surface area contributed by atoms with Gasteiger partial charge in [0.1, 0.15) is 0 Å². The van der Waals surface area contributed by atoms with E-state index in [9.17, 15) is 9.59 Å². The van der Waals surface area contributed by atoms with E-state index < -0.39 is 0 Å². The highest BCUT2D eigenvalue weighted by Crippen LogP contribution is 2.24. The van der Waals surface area contributed by atoms with Gasteiger partial charge in [-0.2, -0.15) is 0 Å². The standard InChI is InChI=1S/C21H20N4O3S/c1-25(9-14-3-2-6-28-14)21(27)12-4-5-15-13(7-12)8-16(22-15)19-20(26)24-18-11-29-10-17(18)23-19/h4-5,7-8,10-11,14,22H,2-3,6,9H2,1H3,(H,24,26). The van der Waals surface area contributed by atoms with Crippen molar-refractivity contribution in [2.75, 3.05) is 20.2 Å². The minimum Gasteiger partial charge on any atom is -0.376 e. The van der Waals surface area contributed by atoms with E-state index in [4.69, 9.17) is 4.74 Å². The summed E-state index contributed by atoms with van der Waals surface area (Å²) in [7, 11) is 1.80. The molecule has 0 saturated carbocycles. The highest BCUT2D eigenvalue weighted by molar-refractivity contribution is 7.09. The summed E-state index contributed by atoms with van der Waals surface area (Å²) in [5.41, 5.74) is 3.69. The van der Waals surface area contributed by atoms with Gasteiger partial charge in [-0.15, -0.1) is 11.3 Å². The van der Waals surface area contributed by atoms with Gasteiger partial charge in [0.25, 0.3) is 11.5 Å². The third-order valence-corrected chi connectivity index (χ3v) is 6.04. The summed E-state index contributed by atoms with van der Waals surface area (Å²) in [5, 5.41) is 4.63. The SMILES string of the molecule is CN(CC1CCCO1)C(=O)c1ccc2[nH]c(-c3nc4cscc4[nH]c3=O)cc2c1. The van der Waals surface area contributed by atoms with E-state index in [0.717, 1.165) is 41.4 Å². The first kappa shape index (κ1) is 18.1. The number of rotatable bonds is 4. The molecule has 0 bridgehead atoms. The maximum absolute atomic E-state index is 12.8. The molecule has 4 aromatic rings. The molecule has 0 spiro atoms. The summed E-state index contributed by atoms with van der Waals surface area (Å²) in [6.45, 7) is 1.37. The molecule has 2 N–H and O–H groups in total. The van der Waals surface area contributed by atoms with E-state index in [1.54, 1.807) is 18.0 Å².